The molecule has 0 aliphatic heterocycles. The van der Waals surface area contributed by atoms with E-state index in [2.05, 4.69) is 56.3 Å². The lowest BCUT2D eigenvalue weighted by atomic mass is 10.1. The zero-order valence-corrected chi connectivity index (χ0v) is 16.9. The van der Waals surface area contributed by atoms with Gasteiger partial charge in [0.1, 0.15) is 18.1 Å². The highest BCUT2D eigenvalue weighted by molar-refractivity contribution is 5.77. The first-order chi connectivity index (χ1) is 14.2. The third-order valence-corrected chi connectivity index (χ3v) is 4.78. The van der Waals surface area contributed by atoms with E-state index in [1.807, 2.05) is 30.6 Å². The van der Waals surface area contributed by atoms with Crippen LogP contribution in [0.5, 0.6) is 5.75 Å². The lowest BCUT2D eigenvalue weighted by Crippen LogP contribution is -2.33. The standard InChI is InChI=1S/C23H29N5O/c1-29-21-11-9-20(10-12-21)13-14-26-23(24)27-18-22-25-15-17-28(22)16-5-8-19-6-3-2-4-7-19/h2-4,6-7,9-12,15,17H,5,8,13-14,16,18H2,1H3,(H3,24,26,27). The van der Waals surface area contributed by atoms with E-state index in [-0.39, 0.29) is 0 Å². The maximum atomic E-state index is 6.01. The molecule has 0 fully saturated rings. The molecule has 0 saturated carbocycles. The van der Waals surface area contributed by atoms with Gasteiger partial charge in [-0.05, 0) is 42.5 Å². The fraction of sp³-hybridized carbons (Fsp3) is 0.304. The molecule has 1 aromatic heterocycles. The van der Waals surface area contributed by atoms with Crippen molar-refractivity contribution in [2.75, 3.05) is 13.7 Å². The minimum Gasteiger partial charge on any atom is -0.497 e. The number of guanidine groups is 1. The van der Waals surface area contributed by atoms with Crippen LogP contribution in [0.1, 0.15) is 23.4 Å². The van der Waals surface area contributed by atoms with E-state index in [0.29, 0.717) is 12.5 Å². The van der Waals surface area contributed by atoms with Crippen molar-refractivity contribution in [2.45, 2.75) is 32.4 Å². The molecular formula is C23H29N5O. The first-order valence-corrected chi connectivity index (χ1v) is 9.95. The van der Waals surface area contributed by atoms with Gasteiger partial charge in [0.25, 0.3) is 0 Å². The fourth-order valence-electron chi connectivity index (χ4n) is 3.13. The van der Waals surface area contributed by atoms with Crippen molar-refractivity contribution in [3.8, 4) is 5.75 Å². The topological polar surface area (TPSA) is 77.5 Å². The van der Waals surface area contributed by atoms with E-state index in [9.17, 15) is 0 Å². The molecule has 6 nitrogen and oxygen atoms in total. The van der Waals surface area contributed by atoms with Crippen molar-refractivity contribution in [2.24, 2.45) is 10.7 Å². The second-order valence-electron chi connectivity index (χ2n) is 6.85. The quantitative estimate of drug-likeness (QED) is 0.411. The zero-order chi connectivity index (χ0) is 20.3. The lowest BCUT2D eigenvalue weighted by Gasteiger charge is -2.08. The SMILES string of the molecule is COc1ccc(CCNC(N)=NCc2nccn2CCCc2ccccc2)cc1. The molecule has 152 valence electrons. The van der Waals surface area contributed by atoms with E-state index >= 15 is 0 Å². The van der Waals surface area contributed by atoms with E-state index in [1.54, 1.807) is 7.11 Å². The van der Waals surface area contributed by atoms with E-state index in [1.165, 1.54) is 11.1 Å². The summed E-state index contributed by atoms with van der Waals surface area (Å²) in [6.07, 6.45) is 6.81. The Balaban J connectivity index is 1.41. The zero-order valence-electron chi connectivity index (χ0n) is 16.9. The van der Waals surface area contributed by atoms with Crippen LogP contribution in [0, 0.1) is 0 Å². The van der Waals surface area contributed by atoms with Gasteiger partial charge in [0.05, 0.1) is 7.11 Å². The van der Waals surface area contributed by atoms with Crippen molar-refractivity contribution >= 4 is 5.96 Å². The Bertz CT molecular complexity index is 887. The van der Waals surface area contributed by atoms with Gasteiger partial charge < -0.3 is 20.4 Å². The summed E-state index contributed by atoms with van der Waals surface area (Å²) in [6, 6.07) is 18.6. The Labute approximate surface area is 172 Å². The van der Waals surface area contributed by atoms with Gasteiger partial charge in [-0.2, -0.15) is 0 Å². The highest BCUT2D eigenvalue weighted by Crippen LogP contribution is 2.11. The smallest absolute Gasteiger partial charge is 0.189 e. The number of benzene rings is 2. The van der Waals surface area contributed by atoms with Crippen LogP contribution >= 0.6 is 0 Å². The maximum Gasteiger partial charge on any atom is 0.189 e. The minimum atomic E-state index is 0.442. The van der Waals surface area contributed by atoms with E-state index < -0.39 is 0 Å². The summed E-state index contributed by atoms with van der Waals surface area (Å²) in [5.74, 6) is 2.23. The fourth-order valence-corrected chi connectivity index (χ4v) is 3.13. The number of imidazole rings is 1. The van der Waals surface area contributed by atoms with Crippen LogP contribution < -0.4 is 15.8 Å². The number of rotatable bonds is 10. The summed E-state index contributed by atoms with van der Waals surface area (Å²) in [5, 5.41) is 3.17. The molecule has 1 heterocycles. The highest BCUT2D eigenvalue weighted by atomic mass is 16.5. The molecule has 0 spiro atoms. The monoisotopic (exact) mass is 391 g/mol. The van der Waals surface area contributed by atoms with Gasteiger partial charge in [-0.25, -0.2) is 9.98 Å². The van der Waals surface area contributed by atoms with Gasteiger partial charge in [0.15, 0.2) is 5.96 Å². The molecule has 29 heavy (non-hydrogen) atoms. The highest BCUT2D eigenvalue weighted by Gasteiger charge is 2.03. The molecule has 0 bridgehead atoms. The van der Waals surface area contributed by atoms with Crippen molar-refractivity contribution < 1.29 is 4.74 Å². The Kier molecular flexibility index (Phi) is 7.69. The van der Waals surface area contributed by atoms with Crippen LogP contribution in [0.25, 0.3) is 0 Å². The average molecular weight is 392 g/mol. The molecule has 0 radical (unpaired) electrons. The lowest BCUT2D eigenvalue weighted by molar-refractivity contribution is 0.414. The summed E-state index contributed by atoms with van der Waals surface area (Å²) >= 11 is 0. The Hall–Kier alpha value is -3.28. The maximum absolute atomic E-state index is 6.01. The van der Waals surface area contributed by atoms with Crippen molar-refractivity contribution in [3.63, 3.8) is 0 Å². The molecule has 0 unspecified atom stereocenters. The van der Waals surface area contributed by atoms with Gasteiger partial charge >= 0.3 is 0 Å². The molecule has 0 aliphatic rings. The van der Waals surface area contributed by atoms with Crippen LogP contribution in [-0.4, -0.2) is 29.2 Å². The van der Waals surface area contributed by atoms with Crippen molar-refractivity contribution in [3.05, 3.63) is 83.9 Å². The molecular weight excluding hydrogens is 362 g/mol. The molecule has 2 aromatic carbocycles. The summed E-state index contributed by atoms with van der Waals surface area (Å²) < 4.78 is 7.32. The van der Waals surface area contributed by atoms with Gasteiger partial charge in [-0.15, -0.1) is 0 Å². The van der Waals surface area contributed by atoms with Gasteiger partial charge in [-0.1, -0.05) is 42.5 Å². The number of methoxy groups -OCH3 is 1. The van der Waals surface area contributed by atoms with Crippen molar-refractivity contribution in [1.29, 1.82) is 0 Å². The number of nitrogens with two attached hydrogens (primary N) is 1. The van der Waals surface area contributed by atoms with Crippen LogP contribution in [0.15, 0.2) is 72.0 Å². The number of ether oxygens (including phenoxy) is 1. The Morgan fingerprint density at radius 3 is 2.59 bits per heavy atom. The number of hydrogen-bond donors (Lipinski definition) is 2. The molecule has 3 rings (SSSR count). The van der Waals surface area contributed by atoms with Crippen LogP contribution in [0.3, 0.4) is 0 Å². The third-order valence-electron chi connectivity index (χ3n) is 4.78. The predicted octanol–water partition coefficient (Wildman–Crippen LogP) is 3.17. The molecule has 6 heteroatoms. The van der Waals surface area contributed by atoms with Gasteiger partial charge in [0, 0.05) is 25.5 Å². The first kappa shape index (κ1) is 20.5. The van der Waals surface area contributed by atoms with E-state index in [0.717, 1.165) is 43.9 Å². The first-order valence-electron chi connectivity index (χ1n) is 9.95. The predicted molar refractivity (Wildman–Crippen MR) is 117 cm³/mol. The van der Waals surface area contributed by atoms with Crippen LogP contribution in [0.4, 0.5) is 0 Å². The molecule has 0 saturated heterocycles. The number of aryl methyl sites for hydroxylation is 2. The number of nitrogens with zero attached hydrogens (tertiary/aromatic N) is 3. The summed E-state index contributed by atoms with van der Waals surface area (Å²) in [6.45, 7) is 2.12. The van der Waals surface area contributed by atoms with Crippen molar-refractivity contribution in [1.82, 2.24) is 14.9 Å². The second-order valence-corrected chi connectivity index (χ2v) is 6.85. The number of aliphatic imine (C=N–C) groups is 1. The van der Waals surface area contributed by atoms with E-state index in [4.69, 9.17) is 10.5 Å². The molecule has 0 aliphatic carbocycles. The summed E-state index contributed by atoms with van der Waals surface area (Å²) in [5.41, 5.74) is 8.59. The molecule has 0 atom stereocenters. The Morgan fingerprint density at radius 1 is 1.07 bits per heavy atom. The number of nitrogens with one attached hydrogen (secondary N) is 1. The van der Waals surface area contributed by atoms with Gasteiger partial charge in [-0.3, -0.25) is 0 Å². The normalized spacial score (nSPS) is 11.4. The number of aromatic nitrogens is 2. The summed E-state index contributed by atoms with van der Waals surface area (Å²) in [7, 11) is 1.67. The van der Waals surface area contributed by atoms with Crippen LogP contribution in [-0.2, 0) is 25.9 Å². The third kappa shape index (κ3) is 6.68. The molecule has 3 aromatic rings. The second kappa shape index (κ2) is 10.9. The minimum absolute atomic E-state index is 0.442. The summed E-state index contributed by atoms with van der Waals surface area (Å²) in [4.78, 5) is 8.85. The molecule has 0 amide bonds. The number of hydrogen-bond acceptors (Lipinski definition) is 3. The van der Waals surface area contributed by atoms with Gasteiger partial charge in [0.2, 0.25) is 0 Å². The molecule has 3 N–H and O–H groups in total. The largest absolute Gasteiger partial charge is 0.497 e. The Morgan fingerprint density at radius 2 is 1.83 bits per heavy atom. The average Bonchev–Trinajstić information content (AvgIpc) is 3.21. The van der Waals surface area contributed by atoms with Crippen LogP contribution in [0.2, 0.25) is 0 Å².